The fourth-order valence-corrected chi connectivity index (χ4v) is 3.98. The molecular formula is C14H16Br2N2O3. The molecule has 21 heavy (non-hydrogen) atoms. The molecule has 2 amide bonds. The highest BCUT2D eigenvalue weighted by molar-refractivity contribution is 9.11. The van der Waals surface area contributed by atoms with Crippen LogP contribution in [0.2, 0.25) is 0 Å². The molecule has 7 heteroatoms. The Morgan fingerprint density at radius 3 is 2.52 bits per heavy atom. The van der Waals surface area contributed by atoms with Crippen LogP contribution in [0.3, 0.4) is 0 Å². The first-order valence-corrected chi connectivity index (χ1v) is 8.21. The average molecular weight is 420 g/mol. The number of hydrogen-bond donors (Lipinski definition) is 2. The van der Waals surface area contributed by atoms with Crippen LogP contribution < -0.4 is 5.32 Å². The SMILES string of the molecule is Cc1cc(Br)c(NC(=O)N2CCC[C@H](C(=O)O)C2)c(Br)c1. The molecule has 1 atom stereocenters. The molecule has 1 aliphatic heterocycles. The van der Waals surface area contributed by atoms with E-state index in [1.54, 1.807) is 4.90 Å². The normalized spacial score (nSPS) is 18.4. The van der Waals surface area contributed by atoms with Gasteiger partial charge in [0.15, 0.2) is 0 Å². The monoisotopic (exact) mass is 418 g/mol. The first kappa shape index (κ1) is 16.3. The molecule has 1 aliphatic rings. The summed E-state index contributed by atoms with van der Waals surface area (Å²) < 4.78 is 1.57. The molecule has 114 valence electrons. The molecule has 1 aromatic rings. The Kier molecular flexibility index (Phi) is 5.27. The van der Waals surface area contributed by atoms with E-state index in [1.807, 2.05) is 19.1 Å². The number of carboxylic acids is 1. The maximum Gasteiger partial charge on any atom is 0.321 e. The number of nitrogens with zero attached hydrogens (tertiary/aromatic N) is 1. The number of carboxylic acid groups (broad SMARTS) is 1. The van der Waals surface area contributed by atoms with E-state index in [-0.39, 0.29) is 12.6 Å². The summed E-state index contributed by atoms with van der Waals surface area (Å²) in [5, 5.41) is 11.9. The largest absolute Gasteiger partial charge is 0.481 e. The second kappa shape index (κ2) is 6.79. The predicted octanol–water partition coefficient (Wildman–Crippen LogP) is 3.85. The number of anilines is 1. The van der Waals surface area contributed by atoms with Crippen molar-refractivity contribution in [3.63, 3.8) is 0 Å². The number of hydrogen-bond acceptors (Lipinski definition) is 2. The molecule has 0 spiro atoms. The number of nitrogens with one attached hydrogen (secondary N) is 1. The molecule has 1 saturated heterocycles. The van der Waals surface area contributed by atoms with Crippen LogP contribution in [0.25, 0.3) is 0 Å². The molecule has 1 aromatic carbocycles. The Bertz CT molecular complexity index is 554. The van der Waals surface area contributed by atoms with Crippen LogP contribution >= 0.6 is 31.9 Å². The van der Waals surface area contributed by atoms with Gasteiger partial charge in [-0.15, -0.1) is 0 Å². The lowest BCUT2D eigenvalue weighted by atomic mass is 9.99. The number of carbonyl (C=O) groups excluding carboxylic acids is 1. The number of halogens is 2. The molecule has 2 rings (SSSR count). The van der Waals surface area contributed by atoms with Crippen LogP contribution in [-0.2, 0) is 4.79 Å². The Labute approximate surface area is 140 Å². The summed E-state index contributed by atoms with van der Waals surface area (Å²) >= 11 is 6.86. The van der Waals surface area contributed by atoms with Crippen LogP contribution in [0.15, 0.2) is 21.1 Å². The fourth-order valence-electron chi connectivity index (χ4n) is 2.37. The third-order valence-corrected chi connectivity index (χ3v) is 4.73. The van der Waals surface area contributed by atoms with Crippen LogP contribution in [0, 0.1) is 12.8 Å². The third-order valence-electron chi connectivity index (χ3n) is 3.48. The van der Waals surface area contributed by atoms with E-state index in [2.05, 4.69) is 37.2 Å². The van der Waals surface area contributed by atoms with Gasteiger partial charge in [-0.2, -0.15) is 0 Å². The van der Waals surface area contributed by atoms with Gasteiger partial charge in [-0.1, -0.05) is 0 Å². The van der Waals surface area contributed by atoms with Crippen molar-refractivity contribution in [3.8, 4) is 0 Å². The van der Waals surface area contributed by atoms with Crippen molar-refractivity contribution in [2.24, 2.45) is 5.92 Å². The molecule has 1 fully saturated rings. The van der Waals surface area contributed by atoms with E-state index in [9.17, 15) is 9.59 Å². The van der Waals surface area contributed by atoms with Crippen LogP contribution in [0.4, 0.5) is 10.5 Å². The minimum atomic E-state index is -0.842. The summed E-state index contributed by atoms with van der Waals surface area (Å²) in [7, 11) is 0. The summed E-state index contributed by atoms with van der Waals surface area (Å²) in [6, 6.07) is 3.55. The predicted molar refractivity (Wildman–Crippen MR) is 87.5 cm³/mol. The van der Waals surface area contributed by atoms with E-state index in [4.69, 9.17) is 5.11 Å². The molecule has 0 bridgehead atoms. The van der Waals surface area contributed by atoms with Gasteiger partial charge < -0.3 is 15.3 Å². The lowest BCUT2D eigenvalue weighted by Gasteiger charge is -2.31. The molecule has 1 heterocycles. The minimum absolute atomic E-state index is 0.252. The van der Waals surface area contributed by atoms with E-state index < -0.39 is 11.9 Å². The number of carbonyl (C=O) groups is 2. The Balaban J connectivity index is 2.10. The maximum absolute atomic E-state index is 12.3. The van der Waals surface area contributed by atoms with Crippen molar-refractivity contribution in [1.82, 2.24) is 4.90 Å². The second-order valence-electron chi connectivity index (χ2n) is 5.16. The third kappa shape index (κ3) is 3.97. The highest BCUT2D eigenvalue weighted by atomic mass is 79.9. The van der Waals surface area contributed by atoms with E-state index in [0.717, 1.165) is 14.5 Å². The van der Waals surface area contributed by atoms with Crippen molar-refractivity contribution in [1.29, 1.82) is 0 Å². The summed E-state index contributed by atoms with van der Waals surface area (Å²) in [5.41, 5.74) is 1.72. The first-order valence-electron chi connectivity index (χ1n) is 6.63. The molecule has 0 radical (unpaired) electrons. The topological polar surface area (TPSA) is 69.6 Å². The number of aliphatic carboxylic acids is 1. The lowest BCUT2D eigenvalue weighted by molar-refractivity contribution is -0.143. The Morgan fingerprint density at radius 1 is 1.33 bits per heavy atom. The number of aryl methyl sites for hydroxylation is 1. The number of urea groups is 1. The summed E-state index contributed by atoms with van der Waals surface area (Å²) in [6.45, 7) is 2.79. The zero-order valence-electron chi connectivity index (χ0n) is 11.5. The van der Waals surface area contributed by atoms with Crippen LogP contribution in [0.1, 0.15) is 18.4 Å². The van der Waals surface area contributed by atoms with Gasteiger partial charge in [0.25, 0.3) is 0 Å². The van der Waals surface area contributed by atoms with Crippen LogP contribution in [-0.4, -0.2) is 35.1 Å². The molecule has 2 N–H and O–H groups in total. The van der Waals surface area contributed by atoms with Crippen molar-refractivity contribution in [2.45, 2.75) is 19.8 Å². The highest BCUT2D eigenvalue weighted by Crippen LogP contribution is 2.32. The molecule has 0 unspecified atom stereocenters. The van der Waals surface area contributed by atoms with Crippen molar-refractivity contribution in [2.75, 3.05) is 18.4 Å². The molecular weight excluding hydrogens is 404 g/mol. The Hall–Kier alpha value is -1.08. The van der Waals surface area contributed by atoms with Crippen LogP contribution in [0.5, 0.6) is 0 Å². The quantitative estimate of drug-likeness (QED) is 0.764. The number of rotatable bonds is 2. The molecule has 0 aromatic heterocycles. The minimum Gasteiger partial charge on any atom is -0.481 e. The van der Waals surface area contributed by atoms with Gasteiger partial charge in [0, 0.05) is 22.0 Å². The number of piperidine rings is 1. The molecule has 5 nitrogen and oxygen atoms in total. The van der Waals surface area contributed by atoms with Gasteiger partial charge in [-0.3, -0.25) is 4.79 Å². The second-order valence-corrected chi connectivity index (χ2v) is 6.87. The zero-order valence-corrected chi connectivity index (χ0v) is 14.7. The van der Waals surface area contributed by atoms with Gasteiger partial charge >= 0.3 is 12.0 Å². The number of benzene rings is 1. The van der Waals surface area contributed by atoms with Gasteiger partial charge in [0.05, 0.1) is 11.6 Å². The van der Waals surface area contributed by atoms with Gasteiger partial charge in [-0.05, 0) is 69.3 Å². The number of amides is 2. The van der Waals surface area contributed by atoms with Gasteiger partial charge in [-0.25, -0.2) is 4.79 Å². The summed E-state index contributed by atoms with van der Waals surface area (Å²) in [6.07, 6.45) is 1.33. The molecule has 0 aliphatic carbocycles. The van der Waals surface area contributed by atoms with Crippen molar-refractivity contribution < 1.29 is 14.7 Å². The molecule has 0 saturated carbocycles. The zero-order chi connectivity index (χ0) is 15.6. The van der Waals surface area contributed by atoms with Crippen molar-refractivity contribution in [3.05, 3.63) is 26.6 Å². The van der Waals surface area contributed by atoms with Gasteiger partial charge in [0.1, 0.15) is 0 Å². The van der Waals surface area contributed by atoms with Gasteiger partial charge in [0.2, 0.25) is 0 Å². The Morgan fingerprint density at radius 2 is 1.95 bits per heavy atom. The van der Waals surface area contributed by atoms with E-state index >= 15 is 0 Å². The lowest BCUT2D eigenvalue weighted by Crippen LogP contribution is -2.44. The maximum atomic E-state index is 12.3. The summed E-state index contributed by atoms with van der Waals surface area (Å²) in [4.78, 5) is 24.9. The number of likely N-dealkylation sites (tertiary alicyclic amines) is 1. The fraction of sp³-hybridized carbons (Fsp3) is 0.429. The standard InChI is InChI=1S/C14H16Br2N2O3/c1-8-5-10(15)12(11(16)6-8)17-14(21)18-4-2-3-9(7-18)13(19)20/h5-6,9H,2-4,7H2,1H3,(H,17,21)(H,19,20)/t9-/m0/s1. The first-order chi connectivity index (χ1) is 9.88. The average Bonchev–Trinajstić information content (AvgIpc) is 2.42. The summed E-state index contributed by atoms with van der Waals surface area (Å²) in [5.74, 6) is -1.32. The van der Waals surface area contributed by atoms with Crippen molar-refractivity contribution >= 4 is 49.5 Å². The smallest absolute Gasteiger partial charge is 0.321 e. The van der Waals surface area contributed by atoms with E-state index in [0.29, 0.717) is 25.1 Å². The highest BCUT2D eigenvalue weighted by Gasteiger charge is 2.28. The van der Waals surface area contributed by atoms with E-state index in [1.165, 1.54) is 0 Å².